The normalized spacial score (nSPS) is 13.7. The van der Waals surface area contributed by atoms with Crippen LogP contribution in [0.25, 0.3) is 0 Å². The van der Waals surface area contributed by atoms with Crippen LogP contribution in [0.2, 0.25) is 0 Å². The quantitative estimate of drug-likeness (QED) is 0.825. The van der Waals surface area contributed by atoms with Crippen molar-refractivity contribution in [2.24, 2.45) is 0 Å². The molecule has 1 saturated heterocycles. The van der Waals surface area contributed by atoms with Crippen LogP contribution in [-0.2, 0) is 17.9 Å². The first-order valence-corrected chi connectivity index (χ1v) is 8.37. The van der Waals surface area contributed by atoms with E-state index in [1.165, 1.54) is 18.2 Å². The molecule has 3 rings (SSSR count). The second kappa shape index (κ2) is 7.77. The Morgan fingerprint density at radius 1 is 1.12 bits per heavy atom. The number of carbonyl (C=O) groups is 3. The molecule has 0 radical (unpaired) electrons. The number of pyridine rings is 1. The summed E-state index contributed by atoms with van der Waals surface area (Å²) < 4.78 is 0. The van der Waals surface area contributed by atoms with Gasteiger partial charge in [-0.1, -0.05) is 30.3 Å². The molecule has 26 heavy (non-hydrogen) atoms. The molecular formula is C19H19N3O4. The molecule has 1 aliphatic heterocycles. The van der Waals surface area contributed by atoms with Gasteiger partial charge < -0.3 is 15.3 Å². The molecule has 0 atom stereocenters. The maximum atomic E-state index is 12.2. The third-order valence-electron chi connectivity index (χ3n) is 4.19. The van der Waals surface area contributed by atoms with Gasteiger partial charge in [-0.05, 0) is 29.7 Å². The van der Waals surface area contributed by atoms with E-state index in [-0.39, 0.29) is 17.3 Å². The summed E-state index contributed by atoms with van der Waals surface area (Å²) in [5, 5.41) is 11.7. The highest BCUT2D eigenvalue weighted by molar-refractivity contribution is 5.94. The molecule has 0 spiro atoms. The molecule has 1 fully saturated rings. The number of nitrogens with one attached hydrogen (secondary N) is 1. The SMILES string of the molecule is O=C(O)c1cccc(C(=O)NCc2cccc(CN3CCCC3=O)c2)n1. The van der Waals surface area contributed by atoms with E-state index in [1.807, 2.05) is 29.2 Å². The lowest BCUT2D eigenvalue weighted by Gasteiger charge is -2.16. The summed E-state index contributed by atoms with van der Waals surface area (Å²) in [6.07, 6.45) is 1.51. The van der Waals surface area contributed by atoms with Crippen molar-refractivity contribution in [3.8, 4) is 0 Å². The minimum Gasteiger partial charge on any atom is -0.477 e. The summed E-state index contributed by atoms with van der Waals surface area (Å²) in [7, 11) is 0. The van der Waals surface area contributed by atoms with Crippen LogP contribution in [0.4, 0.5) is 0 Å². The lowest BCUT2D eigenvalue weighted by molar-refractivity contribution is -0.128. The highest BCUT2D eigenvalue weighted by Gasteiger charge is 2.20. The van der Waals surface area contributed by atoms with Crippen LogP contribution in [0.3, 0.4) is 0 Å². The lowest BCUT2D eigenvalue weighted by Crippen LogP contribution is -2.25. The van der Waals surface area contributed by atoms with Gasteiger partial charge in [0.1, 0.15) is 11.4 Å². The van der Waals surface area contributed by atoms with Crippen LogP contribution in [0, 0.1) is 0 Å². The molecular weight excluding hydrogens is 334 g/mol. The maximum Gasteiger partial charge on any atom is 0.354 e. The number of aromatic carboxylic acids is 1. The molecule has 134 valence electrons. The van der Waals surface area contributed by atoms with E-state index >= 15 is 0 Å². The van der Waals surface area contributed by atoms with E-state index in [0.717, 1.165) is 24.1 Å². The number of amides is 2. The number of hydrogen-bond acceptors (Lipinski definition) is 4. The zero-order chi connectivity index (χ0) is 18.5. The van der Waals surface area contributed by atoms with E-state index in [2.05, 4.69) is 10.3 Å². The second-order valence-corrected chi connectivity index (χ2v) is 6.13. The Morgan fingerprint density at radius 3 is 2.58 bits per heavy atom. The molecule has 1 aromatic heterocycles. The average Bonchev–Trinajstić information content (AvgIpc) is 3.05. The molecule has 0 aliphatic carbocycles. The van der Waals surface area contributed by atoms with Gasteiger partial charge in [0.2, 0.25) is 5.91 Å². The first-order valence-electron chi connectivity index (χ1n) is 8.37. The number of nitrogens with zero attached hydrogens (tertiary/aromatic N) is 2. The van der Waals surface area contributed by atoms with Gasteiger partial charge in [-0.3, -0.25) is 9.59 Å². The summed E-state index contributed by atoms with van der Waals surface area (Å²) in [6, 6.07) is 12.0. The number of hydrogen-bond donors (Lipinski definition) is 2. The van der Waals surface area contributed by atoms with Crippen molar-refractivity contribution in [1.82, 2.24) is 15.2 Å². The Morgan fingerprint density at radius 2 is 1.85 bits per heavy atom. The minimum absolute atomic E-state index is 0.0590. The highest BCUT2D eigenvalue weighted by Crippen LogP contribution is 2.15. The summed E-state index contributed by atoms with van der Waals surface area (Å²) in [5.41, 5.74) is 1.80. The summed E-state index contributed by atoms with van der Waals surface area (Å²) in [6.45, 7) is 1.65. The van der Waals surface area contributed by atoms with Crippen molar-refractivity contribution >= 4 is 17.8 Å². The average molecular weight is 353 g/mol. The van der Waals surface area contributed by atoms with Gasteiger partial charge >= 0.3 is 5.97 Å². The predicted octanol–water partition coefficient (Wildman–Crippen LogP) is 1.83. The predicted molar refractivity (Wildman–Crippen MR) is 93.5 cm³/mol. The first-order chi connectivity index (χ1) is 12.5. The number of carboxylic acid groups (broad SMARTS) is 1. The summed E-state index contributed by atoms with van der Waals surface area (Å²) in [4.78, 5) is 40.5. The van der Waals surface area contributed by atoms with Crippen molar-refractivity contribution in [3.63, 3.8) is 0 Å². The Labute approximate surface area is 150 Å². The van der Waals surface area contributed by atoms with Gasteiger partial charge in [-0.15, -0.1) is 0 Å². The maximum absolute atomic E-state index is 12.2. The summed E-state index contributed by atoms with van der Waals surface area (Å²) >= 11 is 0. The molecule has 0 saturated carbocycles. The number of carbonyl (C=O) groups excluding carboxylic acids is 2. The van der Waals surface area contributed by atoms with E-state index in [4.69, 9.17) is 5.11 Å². The van der Waals surface area contributed by atoms with Crippen LogP contribution in [0.5, 0.6) is 0 Å². The van der Waals surface area contributed by atoms with E-state index in [1.54, 1.807) is 0 Å². The Balaban J connectivity index is 1.61. The van der Waals surface area contributed by atoms with Crippen molar-refractivity contribution < 1.29 is 19.5 Å². The largest absolute Gasteiger partial charge is 0.477 e. The molecule has 7 nitrogen and oxygen atoms in total. The monoisotopic (exact) mass is 353 g/mol. The fraction of sp³-hybridized carbons (Fsp3) is 0.263. The Bertz CT molecular complexity index is 850. The van der Waals surface area contributed by atoms with Crippen LogP contribution in [0.1, 0.15) is 44.9 Å². The van der Waals surface area contributed by atoms with Crippen LogP contribution >= 0.6 is 0 Å². The van der Waals surface area contributed by atoms with Crippen molar-refractivity contribution in [2.45, 2.75) is 25.9 Å². The molecule has 2 amide bonds. The van der Waals surface area contributed by atoms with Crippen molar-refractivity contribution in [3.05, 3.63) is 65.0 Å². The van der Waals surface area contributed by atoms with Gasteiger partial charge in [-0.2, -0.15) is 0 Å². The van der Waals surface area contributed by atoms with Crippen LogP contribution in [0.15, 0.2) is 42.5 Å². The molecule has 1 aliphatic rings. The molecule has 0 bridgehead atoms. The van der Waals surface area contributed by atoms with Crippen LogP contribution in [-0.4, -0.2) is 39.3 Å². The molecule has 2 aromatic rings. The topological polar surface area (TPSA) is 99.6 Å². The van der Waals surface area contributed by atoms with Gasteiger partial charge in [0, 0.05) is 26.1 Å². The minimum atomic E-state index is -1.18. The lowest BCUT2D eigenvalue weighted by atomic mass is 10.1. The number of benzene rings is 1. The summed E-state index contributed by atoms with van der Waals surface area (Å²) in [5.74, 6) is -1.44. The van der Waals surface area contributed by atoms with Gasteiger partial charge in [-0.25, -0.2) is 9.78 Å². The zero-order valence-corrected chi connectivity index (χ0v) is 14.1. The molecule has 2 heterocycles. The molecule has 7 heteroatoms. The van der Waals surface area contributed by atoms with E-state index < -0.39 is 11.9 Å². The number of aromatic nitrogens is 1. The highest BCUT2D eigenvalue weighted by atomic mass is 16.4. The smallest absolute Gasteiger partial charge is 0.354 e. The van der Waals surface area contributed by atoms with Crippen LogP contribution < -0.4 is 5.32 Å². The van der Waals surface area contributed by atoms with Crippen molar-refractivity contribution in [2.75, 3.05) is 6.54 Å². The van der Waals surface area contributed by atoms with Gasteiger partial charge in [0.15, 0.2) is 0 Å². The number of rotatable bonds is 6. The Hall–Kier alpha value is -3.22. The molecule has 1 aromatic carbocycles. The Kier molecular flexibility index (Phi) is 5.26. The molecule has 0 unspecified atom stereocenters. The van der Waals surface area contributed by atoms with E-state index in [0.29, 0.717) is 19.5 Å². The number of carboxylic acids is 1. The third-order valence-corrected chi connectivity index (χ3v) is 4.19. The second-order valence-electron chi connectivity index (χ2n) is 6.13. The third kappa shape index (κ3) is 4.24. The first kappa shape index (κ1) is 17.6. The fourth-order valence-electron chi connectivity index (χ4n) is 2.88. The molecule has 2 N–H and O–H groups in total. The standard InChI is InChI=1S/C19H19N3O4/c23-17-8-3-9-22(17)12-14-5-1-4-13(10-14)11-20-18(24)15-6-2-7-16(21-15)19(25)26/h1-2,4-7,10H,3,8-9,11-12H2,(H,20,24)(H,25,26). The zero-order valence-electron chi connectivity index (χ0n) is 14.1. The number of likely N-dealkylation sites (tertiary alicyclic amines) is 1. The van der Waals surface area contributed by atoms with Crippen molar-refractivity contribution in [1.29, 1.82) is 0 Å². The van der Waals surface area contributed by atoms with Gasteiger partial charge in [0.25, 0.3) is 5.91 Å². The fourth-order valence-corrected chi connectivity index (χ4v) is 2.88. The van der Waals surface area contributed by atoms with Gasteiger partial charge in [0.05, 0.1) is 0 Å². The van der Waals surface area contributed by atoms with E-state index in [9.17, 15) is 14.4 Å².